The average molecular weight is 244 g/mol. The van der Waals surface area contributed by atoms with E-state index in [4.69, 9.17) is 18.6 Å². The minimum absolute atomic E-state index is 0.180. The molecule has 17 heavy (non-hydrogen) atoms. The summed E-state index contributed by atoms with van der Waals surface area (Å²) >= 11 is 4.98. The number of carbonyl (C=O) groups excluding carboxylic acids is 1. The summed E-state index contributed by atoms with van der Waals surface area (Å²) < 4.78 is 0. The molecule has 0 aliphatic heterocycles. The summed E-state index contributed by atoms with van der Waals surface area (Å²) in [6.07, 6.45) is 8.33. The number of allylic oxidation sites excluding steroid dienone is 1. The third-order valence-corrected chi connectivity index (χ3v) is 2.00. The van der Waals surface area contributed by atoms with Crippen LogP contribution in [-0.4, -0.2) is 22.3 Å². The summed E-state index contributed by atoms with van der Waals surface area (Å²) in [5, 5.41) is 2.59. The lowest BCUT2D eigenvalue weighted by Gasteiger charge is -2.06. The van der Waals surface area contributed by atoms with E-state index in [2.05, 4.69) is 16.2 Å². The zero-order chi connectivity index (χ0) is 12.7. The predicted molar refractivity (Wildman–Crippen MR) is 72.3 cm³/mol. The van der Waals surface area contributed by atoms with Crippen LogP contribution in [0.4, 0.5) is 0 Å². The van der Waals surface area contributed by atoms with E-state index in [1.165, 1.54) is 0 Å². The number of nitrogens with zero attached hydrogens (tertiary/aromatic N) is 1. The zero-order valence-corrected chi connectivity index (χ0v) is 10.3. The number of pyridine rings is 1. The number of amides is 1. The number of rotatable bonds is 4. The second-order valence-corrected chi connectivity index (χ2v) is 3.91. The zero-order valence-electron chi connectivity index (χ0n) is 9.43. The molecule has 1 aromatic rings. The van der Waals surface area contributed by atoms with E-state index in [1.807, 2.05) is 6.07 Å². The van der Waals surface area contributed by atoms with Gasteiger partial charge in [-0.25, -0.2) is 0 Å². The predicted octanol–water partition coefficient (Wildman–Crippen LogP) is 1.60. The van der Waals surface area contributed by atoms with E-state index >= 15 is 0 Å². The van der Waals surface area contributed by atoms with E-state index in [0.717, 1.165) is 0 Å². The third-order valence-electron chi connectivity index (χ3n) is 1.88. The second-order valence-electron chi connectivity index (χ2n) is 3.27. The molecule has 0 unspecified atom stereocenters. The lowest BCUT2D eigenvalue weighted by atomic mass is 10.1. The summed E-state index contributed by atoms with van der Waals surface area (Å²) in [5.74, 6) is 2.07. The first-order chi connectivity index (χ1) is 8.15. The van der Waals surface area contributed by atoms with Gasteiger partial charge in [0.1, 0.15) is 0 Å². The summed E-state index contributed by atoms with van der Waals surface area (Å²) in [6.45, 7) is 1.92. The minimum atomic E-state index is -0.272. The Labute approximate surface area is 106 Å². The molecule has 0 fully saturated rings. The van der Waals surface area contributed by atoms with E-state index in [9.17, 15) is 4.79 Å². The molecule has 3 nitrogen and oxygen atoms in total. The van der Waals surface area contributed by atoms with E-state index < -0.39 is 0 Å². The first-order valence-corrected chi connectivity index (χ1v) is 5.41. The van der Waals surface area contributed by atoms with Crippen molar-refractivity contribution in [1.29, 1.82) is 0 Å². The van der Waals surface area contributed by atoms with Gasteiger partial charge in [-0.05, 0) is 25.1 Å². The van der Waals surface area contributed by atoms with Crippen LogP contribution in [0.15, 0.2) is 30.5 Å². The maximum Gasteiger partial charge on any atom is 0.254 e. The number of hydrogen-bond donors (Lipinski definition) is 1. The molecule has 0 saturated heterocycles. The van der Waals surface area contributed by atoms with Crippen LogP contribution < -0.4 is 5.32 Å². The summed E-state index contributed by atoms with van der Waals surface area (Å²) in [5.41, 5.74) is 1.000. The van der Waals surface area contributed by atoms with Gasteiger partial charge in [-0.1, -0.05) is 24.2 Å². The van der Waals surface area contributed by atoms with Gasteiger partial charge in [0.25, 0.3) is 5.91 Å². The molecule has 0 spiro atoms. The first kappa shape index (κ1) is 13.1. The summed E-state index contributed by atoms with van der Waals surface area (Å²) in [6, 6.07) is 5.34. The molecule has 1 rings (SSSR count). The normalized spacial score (nSPS) is 10.5. The van der Waals surface area contributed by atoms with Crippen molar-refractivity contribution in [2.75, 3.05) is 6.54 Å². The molecule has 1 N–H and O–H groups in total. The van der Waals surface area contributed by atoms with Gasteiger partial charge in [-0.2, -0.15) is 0 Å². The van der Waals surface area contributed by atoms with Gasteiger partial charge in [-0.15, -0.1) is 6.42 Å². The van der Waals surface area contributed by atoms with Crippen molar-refractivity contribution in [2.45, 2.75) is 6.92 Å². The molecule has 1 aromatic heterocycles. The Morgan fingerprint density at radius 1 is 1.65 bits per heavy atom. The van der Waals surface area contributed by atoms with Gasteiger partial charge < -0.3 is 5.32 Å². The first-order valence-electron chi connectivity index (χ1n) is 5.00. The number of carbonyl (C=O) groups is 1. The van der Waals surface area contributed by atoms with Gasteiger partial charge in [0.15, 0.2) is 0 Å². The number of hydrogen-bond acceptors (Lipinski definition) is 3. The fourth-order valence-electron chi connectivity index (χ4n) is 1.21. The quantitative estimate of drug-likeness (QED) is 0.497. The molecule has 1 heterocycles. The Kier molecular flexibility index (Phi) is 5.05. The van der Waals surface area contributed by atoms with Crippen LogP contribution in [0.2, 0.25) is 0 Å². The number of terminal acetylenes is 1. The highest BCUT2D eigenvalue weighted by Gasteiger charge is 2.12. The van der Waals surface area contributed by atoms with Crippen molar-refractivity contribution in [2.24, 2.45) is 0 Å². The molecule has 0 aliphatic carbocycles. The Morgan fingerprint density at radius 2 is 2.41 bits per heavy atom. The number of aromatic nitrogens is 1. The minimum Gasteiger partial charge on any atom is -0.341 e. The fraction of sp³-hybridized carbons (Fsp3) is 0.154. The van der Waals surface area contributed by atoms with Crippen LogP contribution >= 0.6 is 12.2 Å². The lowest BCUT2D eigenvalue weighted by Crippen LogP contribution is -2.25. The Balaban J connectivity index is 3.02. The van der Waals surface area contributed by atoms with Crippen LogP contribution in [0.25, 0.3) is 5.57 Å². The van der Waals surface area contributed by atoms with Crippen LogP contribution in [-0.2, 0) is 4.79 Å². The SMILES string of the molecule is C#CCNC(=O)C(=CC(C)=S)c1ccccn1. The fourth-order valence-corrected chi connectivity index (χ4v) is 1.33. The van der Waals surface area contributed by atoms with Gasteiger partial charge in [0.2, 0.25) is 0 Å². The van der Waals surface area contributed by atoms with E-state index in [-0.39, 0.29) is 12.5 Å². The molecule has 1 amide bonds. The largest absolute Gasteiger partial charge is 0.341 e. The Hall–Kier alpha value is -1.99. The molecule has 0 aliphatic rings. The lowest BCUT2D eigenvalue weighted by molar-refractivity contribution is -0.115. The maximum absolute atomic E-state index is 11.9. The smallest absolute Gasteiger partial charge is 0.254 e. The monoisotopic (exact) mass is 244 g/mol. The second kappa shape index (κ2) is 6.56. The van der Waals surface area contributed by atoms with Gasteiger partial charge in [0, 0.05) is 11.1 Å². The third kappa shape index (κ3) is 4.17. The van der Waals surface area contributed by atoms with Crippen LogP contribution in [0.5, 0.6) is 0 Å². The Bertz CT molecular complexity index is 486. The summed E-state index contributed by atoms with van der Waals surface area (Å²) in [7, 11) is 0. The number of thiocarbonyl (C=S) groups is 1. The highest BCUT2D eigenvalue weighted by molar-refractivity contribution is 7.80. The van der Waals surface area contributed by atoms with Gasteiger partial charge >= 0.3 is 0 Å². The molecule has 0 radical (unpaired) electrons. The highest BCUT2D eigenvalue weighted by Crippen LogP contribution is 2.11. The molecular weight excluding hydrogens is 232 g/mol. The Morgan fingerprint density at radius 3 is 2.94 bits per heavy atom. The van der Waals surface area contributed by atoms with Crippen LogP contribution in [0, 0.1) is 12.3 Å². The topological polar surface area (TPSA) is 42.0 Å². The molecular formula is C13H12N2OS. The van der Waals surface area contributed by atoms with E-state index in [0.29, 0.717) is 16.1 Å². The van der Waals surface area contributed by atoms with Crippen molar-refractivity contribution in [3.63, 3.8) is 0 Å². The van der Waals surface area contributed by atoms with Crippen molar-refractivity contribution in [1.82, 2.24) is 10.3 Å². The number of nitrogens with one attached hydrogen (secondary N) is 1. The average Bonchev–Trinajstić information content (AvgIpc) is 2.34. The molecule has 0 bridgehead atoms. The van der Waals surface area contributed by atoms with E-state index in [1.54, 1.807) is 31.3 Å². The molecule has 86 valence electrons. The van der Waals surface area contributed by atoms with Crippen molar-refractivity contribution in [3.05, 3.63) is 36.2 Å². The van der Waals surface area contributed by atoms with Crippen molar-refractivity contribution < 1.29 is 4.79 Å². The van der Waals surface area contributed by atoms with Gasteiger partial charge in [0.05, 0.1) is 17.8 Å². The molecule has 4 heteroatoms. The van der Waals surface area contributed by atoms with Gasteiger partial charge in [-0.3, -0.25) is 9.78 Å². The van der Waals surface area contributed by atoms with Crippen LogP contribution in [0.3, 0.4) is 0 Å². The standard InChI is InChI=1S/C13H12N2OS/c1-3-7-15-13(16)11(9-10(2)17)12-6-4-5-8-14-12/h1,4-6,8-9H,7H2,2H3,(H,15,16). The molecule has 0 atom stereocenters. The van der Waals surface area contributed by atoms with Crippen molar-refractivity contribution >= 4 is 28.6 Å². The molecule has 0 aromatic carbocycles. The van der Waals surface area contributed by atoms with Crippen LogP contribution in [0.1, 0.15) is 12.6 Å². The maximum atomic E-state index is 11.9. The molecule has 0 saturated carbocycles. The summed E-state index contributed by atoms with van der Waals surface area (Å²) in [4.78, 5) is 16.6. The highest BCUT2D eigenvalue weighted by atomic mass is 32.1. The van der Waals surface area contributed by atoms with Crippen molar-refractivity contribution in [3.8, 4) is 12.3 Å².